The van der Waals surface area contributed by atoms with Crippen molar-refractivity contribution >= 4 is 0 Å². The van der Waals surface area contributed by atoms with E-state index in [4.69, 9.17) is 19.9 Å². The van der Waals surface area contributed by atoms with E-state index in [2.05, 4.69) is 0 Å². The summed E-state index contributed by atoms with van der Waals surface area (Å²) >= 11 is 0. The molecule has 2 N–H and O–H groups in total. The van der Waals surface area contributed by atoms with Gasteiger partial charge < -0.3 is 19.9 Å². The van der Waals surface area contributed by atoms with Gasteiger partial charge in [0.2, 0.25) is 6.79 Å². The van der Waals surface area contributed by atoms with E-state index in [0.29, 0.717) is 29.4 Å². The fourth-order valence-electron chi connectivity index (χ4n) is 2.03. The molecule has 1 aliphatic heterocycles. The van der Waals surface area contributed by atoms with E-state index in [1.807, 2.05) is 0 Å². The third-order valence-corrected chi connectivity index (χ3v) is 3.12. The van der Waals surface area contributed by atoms with Crippen LogP contribution in [0.3, 0.4) is 0 Å². The number of benzene rings is 2. The Morgan fingerprint density at radius 1 is 1.10 bits per heavy atom. The lowest BCUT2D eigenvalue weighted by Crippen LogP contribution is -2.04. The lowest BCUT2D eigenvalue weighted by molar-refractivity contribution is 0.173. The third kappa shape index (κ3) is 2.40. The first-order valence-electron chi connectivity index (χ1n) is 6.26. The molecule has 0 bridgehead atoms. The van der Waals surface area contributed by atoms with Crippen LogP contribution in [-0.2, 0) is 13.2 Å². The maximum absolute atomic E-state index is 13.5. The highest BCUT2D eigenvalue weighted by Crippen LogP contribution is 2.38. The summed E-state index contributed by atoms with van der Waals surface area (Å²) in [5.41, 5.74) is 6.98. The lowest BCUT2D eigenvalue weighted by atomic mass is 10.1. The van der Waals surface area contributed by atoms with Crippen LogP contribution in [0.4, 0.5) is 4.39 Å². The molecule has 0 saturated carbocycles. The molecule has 4 nitrogen and oxygen atoms in total. The number of fused-ring (bicyclic) bond motifs is 1. The Hall–Kier alpha value is -2.27. The summed E-state index contributed by atoms with van der Waals surface area (Å²) in [4.78, 5) is 0. The summed E-state index contributed by atoms with van der Waals surface area (Å²) in [6.07, 6.45) is 0. The average molecular weight is 275 g/mol. The minimum absolute atomic E-state index is 0.138. The van der Waals surface area contributed by atoms with Gasteiger partial charge in [-0.05, 0) is 12.1 Å². The summed E-state index contributed by atoms with van der Waals surface area (Å²) in [5.74, 6) is 1.57. The molecule has 2 aromatic carbocycles. The number of ether oxygens (including phenoxy) is 3. The largest absolute Gasteiger partial charge is 0.488 e. The van der Waals surface area contributed by atoms with Gasteiger partial charge in [0.25, 0.3) is 0 Å². The molecule has 0 spiro atoms. The molecule has 20 heavy (non-hydrogen) atoms. The van der Waals surface area contributed by atoms with Crippen molar-refractivity contribution in [1.82, 2.24) is 0 Å². The molecule has 0 amide bonds. The second kappa shape index (κ2) is 5.38. The molecule has 3 rings (SSSR count). The molecule has 0 radical (unpaired) electrons. The van der Waals surface area contributed by atoms with Gasteiger partial charge in [0.15, 0.2) is 11.5 Å². The molecule has 0 aromatic heterocycles. The van der Waals surface area contributed by atoms with E-state index in [9.17, 15) is 4.39 Å². The van der Waals surface area contributed by atoms with Gasteiger partial charge in [0.1, 0.15) is 18.2 Å². The number of halogens is 1. The van der Waals surface area contributed by atoms with Crippen molar-refractivity contribution in [3.63, 3.8) is 0 Å². The number of hydrogen-bond donors (Lipinski definition) is 1. The highest BCUT2D eigenvalue weighted by molar-refractivity contribution is 5.51. The van der Waals surface area contributed by atoms with Gasteiger partial charge in [-0.2, -0.15) is 0 Å². The van der Waals surface area contributed by atoms with Crippen molar-refractivity contribution in [2.24, 2.45) is 5.73 Å². The Morgan fingerprint density at radius 2 is 1.85 bits per heavy atom. The zero-order valence-corrected chi connectivity index (χ0v) is 10.8. The summed E-state index contributed by atoms with van der Waals surface area (Å²) in [6, 6.07) is 10.0. The quantitative estimate of drug-likeness (QED) is 0.931. The van der Waals surface area contributed by atoms with Gasteiger partial charge in [0, 0.05) is 23.7 Å². The predicted octanol–water partition coefficient (Wildman–Crippen LogP) is 2.59. The first kappa shape index (κ1) is 12.7. The third-order valence-electron chi connectivity index (χ3n) is 3.12. The molecule has 5 heteroatoms. The van der Waals surface area contributed by atoms with Crippen molar-refractivity contribution in [3.05, 3.63) is 53.3 Å². The molecule has 104 valence electrons. The van der Waals surface area contributed by atoms with E-state index in [1.165, 1.54) is 6.07 Å². The Balaban J connectivity index is 1.82. The van der Waals surface area contributed by atoms with Gasteiger partial charge >= 0.3 is 0 Å². The van der Waals surface area contributed by atoms with Crippen LogP contribution in [0.5, 0.6) is 17.2 Å². The average Bonchev–Trinajstić information content (AvgIpc) is 2.92. The first-order chi connectivity index (χ1) is 9.78. The molecule has 2 aromatic rings. The fourth-order valence-corrected chi connectivity index (χ4v) is 2.03. The van der Waals surface area contributed by atoms with Crippen molar-refractivity contribution < 1.29 is 18.6 Å². The van der Waals surface area contributed by atoms with E-state index in [0.717, 1.165) is 5.56 Å². The Labute approximate surface area is 115 Å². The second-order valence-electron chi connectivity index (χ2n) is 4.40. The van der Waals surface area contributed by atoms with E-state index >= 15 is 0 Å². The molecular formula is C15H14FNO3. The minimum atomic E-state index is -0.289. The summed E-state index contributed by atoms with van der Waals surface area (Å²) in [5, 5.41) is 0. The highest BCUT2D eigenvalue weighted by Gasteiger charge is 2.17. The van der Waals surface area contributed by atoms with Crippen LogP contribution in [0.1, 0.15) is 11.1 Å². The maximum atomic E-state index is 13.5. The predicted molar refractivity (Wildman–Crippen MR) is 71.2 cm³/mol. The Morgan fingerprint density at radius 3 is 2.60 bits per heavy atom. The minimum Gasteiger partial charge on any atom is -0.488 e. The van der Waals surface area contributed by atoms with Gasteiger partial charge in [-0.25, -0.2) is 4.39 Å². The standard InChI is InChI=1S/C15H14FNO3/c16-12-4-2-1-3-10(12)8-18-13-6-15-14(19-9-20-15)5-11(13)7-17/h1-6H,7-9,17H2. The van der Waals surface area contributed by atoms with Crippen LogP contribution in [0.15, 0.2) is 36.4 Å². The van der Waals surface area contributed by atoms with Crippen LogP contribution >= 0.6 is 0 Å². The molecular weight excluding hydrogens is 261 g/mol. The molecule has 0 unspecified atom stereocenters. The van der Waals surface area contributed by atoms with E-state index in [-0.39, 0.29) is 19.2 Å². The van der Waals surface area contributed by atoms with Crippen molar-refractivity contribution in [3.8, 4) is 17.2 Å². The van der Waals surface area contributed by atoms with Gasteiger partial charge in [-0.1, -0.05) is 18.2 Å². The number of hydrogen-bond acceptors (Lipinski definition) is 4. The molecule has 0 fully saturated rings. The zero-order chi connectivity index (χ0) is 13.9. The maximum Gasteiger partial charge on any atom is 0.231 e. The van der Waals surface area contributed by atoms with Crippen LogP contribution in [0.2, 0.25) is 0 Å². The lowest BCUT2D eigenvalue weighted by Gasteiger charge is -2.12. The fraction of sp³-hybridized carbons (Fsp3) is 0.200. The molecule has 1 aliphatic rings. The van der Waals surface area contributed by atoms with Gasteiger partial charge in [-0.15, -0.1) is 0 Å². The first-order valence-corrected chi connectivity index (χ1v) is 6.26. The van der Waals surface area contributed by atoms with Crippen LogP contribution in [0.25, 0.3) is 0 Å². The van der Waals surface area contributed by atoms with Gasteiger partial charge in [-0.3, -0.25) is 0 Å². The Bertz CT molecular complexity index is 631. The molecule has 0 aliphatic carbocycles. The topological polar surface area (TPSA) is 53.7 Å². The molecule has 0 saturated heterocycles. The van der Waals surface area contributed by atoms with Gasteiger partial charge in [0.05, 0.1) is 0 Å². The van der Waals surface area contributed by atoms with Crippen molar-refractivity contribution in [1.29, 1.82) is 0 Å². The van der Waals surface area contributed by atoms with Crippen LogP contribution in [0, 0.1) is 5.82 Å². The van der Waals surface area contributed by atoms with Crippen LogP contribution in [-0.4, -0.2) is 6.79 Å². The SMILES string of the molecule is NCc1cc2c(cc1OCc1ccccc1F)OCO2. The monoisotopic (exact) mass is 275 g/mol. The normalized spacial score (nSPS) is 12.5. The molecule has 1 heterocycles. The van der Waals surface area contributed by atoms with Crippen LogP contribution < -0.4 is 19.9 Å². The van der Waals surface area contributed by atoms with E-state index in [1.54, 1.807) is 30.3 Å². The van der Waals surface area contributed by atoms with E-state index < -0.39 is 0 Å². The second-order valence-corrected chi connectivity index (χ2v) is 4.40. The van der Waals surface area contributed by atoms with Crippen molar-refractivity contribution in [2.45, 2.75) is 13.2 Å². The smallest absolute Gasteiger partial charge is 0.231 e. The highest BCUT2D eigenvalue weighted by atomic mass is 19.1. The Kier molecular flexibility index (Phi) is 3.43. The number of nitrogens with two attached hydrogens (primary N) is 1. The summed E-state index contributed by atoms with van der Waals surface area (Å²) in [6.45, 7) is 0.638. The zero-order valence-electron chi connectivity index (χ0n) is 10.8. The summed E-state index contributed by atoms with van der Waals surface area (Å²) in [7, 11) is 0. The summed E-state index contributed by atoms with van der Waals surface area (Å²) < 4.78 is 29.8. The van der Waals surface area contributed by atoms with Crippen molar-refractivity contribution in [2.75, 3.05) is 6.79 Å². The number of rotatable bonds is 4. The molecule has 0 atom stereocenters.